The van der Waals surface area contributed by atoms with Gasteiger partial charge in [0.1, 0.15) is 5.78 Å². The highest BCUT2D eigenvalue weighted by atomic mass is 79.9. The van der Waals surface area contributed by atoms with Crippen molar-refractivity contribution in [3.05, 3.63) is 20.8 Å². The third-order valence-electron chi connectivity index (χ3n) is 2.80. The van der Waals surface area contributed by atoms with Gasteiger partial charge in [-0.3, -0.25) is 4.79 Å². The molecule has 4 heteroatoms. The summed E-state index contributed by atoms with van der Waals surface area (Å²) in [5, 5.41) is 5.27. The summed E-state index contributed by atoms with van der Waals surface area (Å²) >= 11 is 5.13. The van der Waals surface area contributed by atoms with Crippen LogP contribution in [-0.2, 0) is 11.3 Å². The molecule has 1 heterocycles. The molecule has 2 nitrogen and oxygen atoms in total. The van der Waals surface area contributed by atoms with Crippen LogP contribution in [0.1, 0.15) is 50.3 Å². The van der Waals surface area contributed by atoms with Gasteiger partial charge >= 0.3 is 0 Å². The summed E-state index contributed by atoms with van der Waals surface area (Å²) < 4.78 is 1.12. The quantitative estimate of drug-likeness (QED) is 0.638. The van der Waals surface area contributed by atoms with Gasteiger partial charge < -0.3 is 5.32 Å². The van der Waals surface area contributed by atoms with Gasteiger partial charge in [-0.05, 0) is 28.4 Å². The van der Waals surface area contributed by atoms with Crippen molar-refractivity contribution in [2.45, 2.75) is 52.0 Å². The molecule has 0 saturated carbocycles. The summed E-state index contributed by atoms with van der Waals surface area (Å²) in [4.78, 5) is 12.9. The molecular formula is C14H22BrNOS. The molecule has 102 valence electrons. The first-order valence-corrected chi connectivity index (χ1v) is 8.35. The van der Waals surface area contributed by atoms with Crippen LogP contribution in [0.25, 0.3) is 0 Å². The minimum atomic E-state index is 0.335. The Hall–Kier alpha value is -0.190. The van der Waals surface area contributed by atoms with Crippen LogP contribution >= 0.6 is 27.3 Å². The molecule has 1 N–H and O–H groups in total. The third-order valence-corrected chi connectivity index (χ3v) is 4.50. The number of rotatable bonds is 10. The lowest BCUT2D eigenvalue weighted by molar-refractivity contribution is -0.118. The number of unbranched alkanes of at least 4 members (excludes halogenated alkanes) is 4. The zero-order valence-corrected chi connectivity index (χ0v) is 13.4. The van der Waals surface area contributed by atoms with E-state index in [1.807, 2.05) is 0 Å². The number of halogens is 1. The molecule has 0 fully saturated rings. The van der Waals surface area contributed by atoms with E-state index in [9.17, 15) is 4.79 Å². The number of ketones is 1. The molecular weight excluding hydrogens is 310 g/mol. The van der Waals surface area contributed by atoms with E-state index in [1.54, 1.807) is 11.3 Å². The maximum absolute atomic E-state index is 11.6. The van der Waals surface area contributed by atoms with E-state index in [2.05, 4.69) is 39.6 Å². The second-order valence-electron chi connectivity index (χ2n) is 4.54. The fourth-order valence-corrected chi connectivity index (χ4v) is 3.21. The Morgan fingerprint density at radius 1 is 1.33 bits per heavy atom. The predicted molar refractivity (Wildman–Crippen MR) is 82.1 cm³/mol. The molecule has 18 heavy (non-hydrogen) atoms. The van der Waals surface area contributed by atoms with Gasteiger partial charge in [-0.1, -0.05) is 32.6 Å². The molecule has 0 unspecified atom stereocenters. The SMILES string of the molecule is CCCCCCCC(=O)CNCc1cc(Br)cs1. The molecule has 0 aliphatic heterocycles. The van der Waals surface area contributed by atoms with Gasteiger partial charge in [0.2, 0.25) is 0 Å². The summed E-state index contributed by atoms with van der Waals surface area (Å²) in [6.07, 6.45) is 6.78. The van der Waals surface area contributed by atoms with E-state index in [0.717, 1.165) is 23.9 Å². The lowest BCUT2D eigenvalue weighted by atomic mass is 10.1. The molecule has 0 bridgehead atoms. The summed E-state index contributed by atoms with van der Waals surface area (Å²) in [5.41, 5.74) is 0. The topological polar surface area (TPSA) is 29.1 Å². The normalized spacial score (nSPS) is 10.8. The van der Waals surface area contributed by atoms with Crippen molar-refractivity contribution in [2.24, 2.45) is 0 Å². The molecule has 0 amide bonds. The van der Waals surface area contributed by atoms with E-state index < -0.39 is 0 Å². The largest absolute Gasteiger partial charge is 0.305 e. The average Bonchev–Trinajstić information content (AvgIpc) is 2.75. The molecule has 0 atom stereocenters. The highest BCUT2D eigenvalue weighted by Gasteiger charge is 2.02. The first-order chi connectivity index (χ1) is 8.72. The van der Waals surface area contributed by atoms with Gasteiger partial charge in [0.15, 0.2) is 0 Å². The van der Waals surface area contributed by atoms with E-state index in [4.69, 9.17) is 0 Å². The fraction of sp³-hybridized carbons (Fsp3) is 0.643. The minimum absolute atomic E-state index is 0.335. The van der Waals surface area contributed by atoms with Gasteiger partial charge in [-0.2, -0.15) is 0 Å². The number of hydrogen-bond acceptors (Lipinski definition) is 3. The summed E-state index contributed by atoms with van der Waals surface area (Å²) in [7, 11) is 0. The predicted octanol–water partition coefficient (Wildman–Crippen LogP) is 4.53. The second kappa shape index (κ2) is 9.70. The Kier molecular flexibility index (Phi) is 8.55. The highest BCUT2D eigenvalue weighted by Crippen LogP contribution is 2.19. The second-order valence-corrected chi connectivity index (χ2v) is 6.45. The molecule has 1 aromatic heterocycles. The monoisotopic (exact) mass is 331 g/mol. The van der Waals surface area contributed by atoms with Crippen LogP contribution in [-0.4, -0.2) is 12.3 Å². The van der Waals surface area contributed by atoms with Crippen molar-refractivity contribution < 1.29 is 4.79 Å². The van der Waals surface area contributed by atoms with Crippen molar-refractivity contribution in [3.63, 3.8) is 0 Å². The van der Waals surface area contributed by atoms with Crippen LogP contribution in [0.2, 0.25) is 0 Å². The molecule has 0 radical (unpaired) electrons. The Balaban J connectivity index is 2.00. The highest BCUT2D eigenvalue weighted by molar-refractivity contribution is 9.10. The van der Waals surface area contributed by atoms with Crippen LogP contribution in [0.15, 0.2) is 15.9 Å². The van der Waals surface area contributed by atoms with Gasteiger partial charge in [0.25, 0.3) is 0 Å². The number of hydrogen-bond donors (Lipinski definition) is 1. The van der Waals surface area contributed by atoms with Crippen LogP contribution < -0.4 is 5.32 Å². The van der Waals surface area contributed by atoms with Crippen LogP contribution in [0.3, 0.4) is 0 Å². The number of carbonyl (C=O) groups excluding carboxylic acids is 1. The fourth-order valence-electron chi connectivity index (χ4n) is 1.79. The lowest BCUT2D eigenvalue weighted by Crippen LogP contribution is -2.21. The van der Waals surface area contributed by atoms with Crippen LogP contribution in [0, 0.1) is 0 Å². The number of Topliss-reactive ketones (excluding diaryl/α,β-unsaturated/α-hetero) is 1. The maximum atomic E-state index is 11.6. The first-order valence-electron chi connectivity index (χ1n) is 6.67. The van der Waals surface area contributed by atoms with Gasteiger partial charge in [0, 0.05) is 27.7 Å². The number of carbonyl (C=O) groups is 1. The van der Waals surface area contributed by atoms with Crippen molar-refractivity contribution in [1.82, 2.24) is 5.32 Å². The molecule has 1 aromatic rings. The molecule has 0 aliphatic rings. The van der Waals surface area contributed by atoms with Crippen molar-refractivity contribution in [1.29, 1.82) is 0 Å². The zero-order valence-electron chi connectivity index (χ0n) is 11.0. The van der Waals surface area contributed by atoms with Gasteiger partial charge in [0.05, 0.1) is 6.54 Å². The zero-order chi connectivity index (χ0) is 13.2. The van der Waals surface area contributed by atoms with E-state index >= 15 is 0 Å². The average molecular weight is 332 g/mol. The van der Waals surface area contributed by atoms with Crippen molar-refractivity contribution in [2.75, 3.05) is 6.54 Å². The molecule has 0 aromatic carbocycles. The van der Waals surface area contributed by atoms with Crippen molar-refractivity contribution >= 4 is 33.0 Å². The molecule has 1 rings (SSSR count). The molecule has 0 spiro atoms. The smallest absolute Gasteiger partial charge is 0.146 e. The van der Waals surface area contributed by atoms with Crippen LogP contribution in [0.5, 0.6) is 0 Å². The first kappa shape index (κ1) is 15.9. The summed E-state index contributed by atoms with van der Waals surface area (Å²) in [5.74, 6) is 0.335. The Morgan fingerprint density at radius 2 is 2.11 bits per heavy atom. The molecule has 0 aliphatic carbocycles. The lowest BCUT2D eigenvalue weighted by Gasteiger charge is -2.03. The minimum Gasteiger partial charge on any atom is -0.305 e. The van der Waals surface area contributed by atoms with Crippen LogP contribution in [0.4, 0.5) is 0 Å². The summed E-state index contributed by atoms with van der Waals surface area (Å²) in [6.45, 7) is 3.50. The standard InChI is InChI=1S/C14H22BrNOS/c1-2-3-4-5-6-7-13(17)9-16-10-14-8-12(15)11-18-14/h8,11,16H,2-7,9-10H2,1H3. The van der Waals surface area contributed by atoms with Crippen molar-refractivity contribution in [3.8, 4) is 0 Å². The van der Waals surface area contributed by atoms with E-state index in [1.165, 1.54) is 30.6 Å². The van der Waals surface area contributed by atoms with E-state index in [-0.39, 0.29) is 0 Å². The Bertz CT molecular complexity index is 351. The Morgan fingerprint density at radius 3 is 2.78 bits per heavy atom. The number of nitrogens with one attached hydrogen (secondary N) is 1. The van der Waals surface area contributed by atoms with E-state index in [0.29, 0.717) is 12.3 Å². The number of thiophene rings is 1. The van der Waals surface area contributed by atoms with Gasteiger partial charge in [-0.25, -0.2) is 0 Å². The molecule has 0 saturated heterocycles. The maximum Gasteiger partial charge on any atom is 0.146 e. The Labute approximate surface area is 122 Å². The summed E-state index contributed by atoms with van der Waals surface area (Å²) in [6, 6.07) is 2.09. The van der Waals surface area contributed by atoms with Gasteiger partial charge in [-0.15, -0.1) is 11.3 Å². The third kappa shape index (κ3) is 7.29.